The molecule has 0 spiro atoms. The largest absolute Gasteiger partial charge is 0.465 e. The molecular weight excluding hydrogens is 238 g/mol. The summed E-state index contributed by atoms with van der Waals surface area (Å²) in [6.07, 6.45) is 2.68. The van der Waals surface area contributed by atoms with Crippen LogP contribution in [0.4, 0.5) is 0 Å². The maximum atomic E-state index is 6.23. The molecule has 19 heavy (non-hydrogen) atoms. The summed E-state index contributed by atoms with van der Waals surface area (Å²) in [6.45, 7) is 8.77. The molecule has 2 fully saturated rings. The molecule has 1 aromatic heterocycles. The maximum Gasteiger partial charge on any atom is 0.122 e. The number of furan rings is 1. The first-order valence-corrected chi connectivity index (χ1v) is 7.45. The van der Waals surface area contributed by atoms with Gasteiger partial charge in [-0.3, -0.25) is 9.80 Å². The summed E-state index contributed by atoms with van der Waals surface area (Å²) in [6, 6.07) is 5.17. The smallest absolute Gasteiger partial charge is 0.122 e. The molecule has 2 N–H and O–H groups in total. The molecule has 1 aromatic rings. The van der Waals surface area contributed by atoms with E-state index in [2.05, 4.69) is 22.8 Å². The van der Waals surface area contributed by atoms with Crippen LogP contribution >= 0.6 is 0 Å². The summed E-state index contributed by atoms with van der Waals surface area (Å²) < 4.78 is 5.84. The molecule has 3 rings (SSSR count). The quantitative estimate of drug-likeness (QED) is 0.902. The lowest BCUT2D eigenvalue weighted by atomic mass is 10.0. The molecule has 2 aliphatic heterocycles. The third-order valence-corrected chi connectivity index (χ3v) is 4.56. The Bertz CT molecular complexity index is 429. The molecule has 0 radical (unpaired) electrons. The highest BCUT2D eigenvalue weighted by Gasteiger charge is 2.36. The fourth-order valence-corrected chi connectivity index (χ4v) is 3.65. The predicted molar refractivity (Wildman–Crippen MR) is 76.0 cm³/mol. The van der Waals surface area contributed by atoms with E-state index in [4.69, 9.17) is 10.2 Å². The van der Waals surface area contributed by atoms with Crippen molar-refractivity contribution < 1.29 is 4.42 Å². The summed E-state index contributed by atoms with van der Waals surface area (Å²) in [5.41, 5.74) is 6.23. The van der Waals surface area contributed by atoms with Crippen LogP contribution in [0.25, 0.3) is 0 Å². The Balaban J connectivity index is 1.77. The highest BCUT2D eigenvalue weighted by atomic mass is 16.3. The Morgan fingerprint density at radius 1 is 1.32 bits per heavy atom. The molecule has 3 heterocycles. The molecule has 3 unspecified atom stereocenters. The topological polar surface area (TPSA) is 45.6 Å². The van der Waals surface area contributed by atoms with Gasteiger partial charge in [0.2, 0.25) is 0 Å². The van der Waals surface area contributed by atoms with Crippen LogP contribution in [0.15, 0.2) is 16.5 Å². The van der Waals surface area contributed by atoms with E-state index in [-0.39, 0.29) is 12.1 Å². The maximum absolute atomic E-state index is 6.23. The van der Waals surface area contributed by atoms with Gasteiger partial charge in [-0.2, -0.15) is 0 Å². The molecule has 0 amide bonds. The number of rotatable bonds is 3. The van der Waals surface area contributed by atoms with Crippen molar-refractivity contribution in [2.45, 2.75) is 44.8 Å². The molecular formula is C15H25N3O. The van der Waals surface area contributed by atoms with Crippen LogP contribution < -0.4 is 5.73 Å². The molecule has 3 atom stereocenters. The molecule has 0 bridgehead atoms. The second kappa shape index (κ2) is 5.27. The Kier molecular flexibility index (Phi) is 3.65. The molecule has 2 saturated heterocycles. The van der Waals surface area contributed by atoms with Crippen LogP contribution in [0.3, 0.4) is 0 Å². The second-order valence-electron chi connectivity index (χ2n) is 6.08. The van der Waals surface area contributed by atoms with E-state index in [1.807, 2.05) is 13.0 Å². The fraction of sp³-hybridized carbons (Fsp3) is 0.733. The van der Waals surface area contributed by atoms with Crippen LogP contribution in [0, 0.1) is 6.92 Å². The van der Waals surface area contributed by atoms with Crippen molar-refractivity contribution in [3.8, 4) is 0 Å². The van der Waals surface area contributed by atoms with Crippen molar-refractivity contribution in [1.29, 1.82) is 0 Å². The molecule has 4 nitrogen and oxygen atoms in total. The zero-order valence-corrected chi connectivity index (χ0v) is 12.0. The third kappa shape index (κ3) is 2.57. The van der Waals surface area contributed by atoms with Crippen LogP contribution in [0.5, 0.6) is 0 Å². The van der Waals surface area contributed by atoms with Crippen LogP contribution in [-0.2, 0) is 0 Å². The number of aryl methyl sites for hydroxylation is 1. The molecule has 0 saturated carbocycles. The summed E-state index contributed by atoms with van der Waals surface area (Å²) >= 11 is 0. The van der Waals surface area contributed by atoms with Crippen molar-refractivity contribution in [1.82, 2.24) is 9.80 Å². The number of fused-ring (bicyclic) bond motifs is 1. The van der Waals surface area contributed by atoms with Crippen LogP contribution in [0.2, 0.25) is 0 Å². The van der Waals surface area contributed by atoms with E-state index in [0.717, 1.165) is 30.7 Å². The number of piperazine rings is 1. The van der Waals surface area contributed by atoms with Gasteiger partial charge in [0.1, 0.15) is 11.5 Å². The first-order valence-electron chi connectivity index (χ1n) is 7.45. The molecule has 4 heteroatoms. The molecule has 0 aliphatic carbocycles. The van der Waals surface area contributed by atoms with Gasteiger partial charge in [-0.1, -0.05) is 0 Å². The van der Waals surface area contributed by atoms with Crippen LogP contribution in [-0.4, -0.2) is 48.1 Å². The van der Waals surface area contributed by atoms with E-state index in [9.17, 15) is 0 Å². The fourth-order valence-electron chi connectivity index (χ4n) is 3.65. The van der Waals surface area contributed by atoms with Crippen LogP contribution in [0.1, 0.15) is 37.3 Å². The van der Waals surface area contributed by atoms with Gasteiger partial charge in [-0.15, -0.1) is 0 Å². The lowest BCUT2D eigenvalue weighted by molar-refractivity contribution is 0.0550. The highest BCUT2D eigenvalue weighted by molar-refractivity contribution is 5.12. The summed E-state index contributed by atoms with van der Waals surface area (Å²) in [5, 5.41) is 0. The number of nitrogens with two attached hydrogens (primary N) is 1. The van der Waals surface area contributed by atoms with E-state index in [0.29, 0.717) is 0 Å². The van der Waals surface area contributed by atoms with Gasteiger partial charge in [0.25, 0.3) is 0 Å². The van der Waals surface area contributed by atoms with Gasteiger partial charge in [0.05, 0.1) is 6.04 Å². The predicted octanol–water partition coefficient (Wildman–Crippen LogP) is 1.76. The third-order valence-electron chi connectivity index (χ3n) is 4.56. The first-order chi connectivity index (χ1) is 9.15. The summed E-state index contributed by atoms with van der Waals surface area (Å²) in [7, 11) is 0. The number of nitrogens with zero attached hydrogens (tertiary/aromatic N) is 2. The minimum Gasteiger partial charge on any atom is -0.465 e. The van der Waals surface area contributed by atoms with Crippen molar-refractivity contribution in [2.75, 3.05) is 26.2 Å². The molecule has 2 aliphatic rings. The number of hydrogen-bond acceptors (Lipinski definition) is 4. The van der Waals surface area contributed by atoms with Gasteiger partial charge >= 0.3 is 0 Å². The van der Waals surface area contributed by atoms with Crippen molar-refractivity contribution >= 4 is 0 Å². The van der Waals surface area contributed by atoms with Gasteiger partial charge in [-0.25, -0.2) is 0 Å². The lowest BCUT2D eigenvalue weighted by Crippen LogP contribution is -2.53. The van der Waals surface area contributed by atoms with Gasteiger partial charge < -0.3 is 10.2 Å². The Morgan fingerprint density at radius 2 is 2.16 bits per heavy atom. The number of hydrogen-bond donors (Lipinski definition) is 1. The van der Waals surface area contributed by atoms with Gasteiger partial charge in [-0.05, 0) is 45.4 Å². The van der Waals surface area contributed by atoms with Crippen molar-refractivity contribution in [3.05, 3.63) is 23.7 Å². The van der Waals surface area contributed by atoms with E-state index < -0.39 is 0 Å². The van der Waals surface area contributed by atoms with Crippen molar-refractivity contribution in [2.24, 2.45) is 5.73 Å². The average Bonchev–Trinajstić information content (AvgIpc) is 2.97. The second-order valence-corrected chi connectivity index (χ2v) is 6.08. The Hall–Kier alpha value is -0.840. The highest BCUT2D eigenvalue weighted by Crippen LogP contribution is 2.30. The monoisotopic (exact) mass is 263 g/mol. The van der Waals surface area contributed by atoms with E-state index >= 15 is 0 Å². The minimum absolute atomic E-state index is 0.0958. The normalized spacial score (nSPS) is 28.3. The molecule has 0 aromatic carbocycles. The Morgan fingerprint density at radius 3 is 2.84 bits per heavy atom. The van der Waals surface area contributed by atoms with Crippen molar-refractivity contribution in [3.63, 3.8) is 0 Å². The first kappa shape index (κ1) is 13.2. The minimum atomic E-state index is 0.0958. The van der Waals surface area contributed by atoms with E-state index in [1.54, 1.807) is 0 Å². The summed E-state index contributed by atoms with van der Waals surface area (Å²) in [4.78, 5) is 5.15. The Labute approximate surface area is 115 Å². The lowest BCUT2D eigenvalue weighted by Gasteiger charge is -2.42. The van der Waals surface area contributed by atoms with Gasteiger partial charge in [0.15, 0.2) is 0 Å². The molecule has 106 valence electrons. The average molecular weight is 263 g/mol. The van der Waals surface area contributed by atoms with E-state index in [1.165, 1.54) is 25.9 Å². The zero-order valence-electron chi connectivity index (χ0n) is 12.0. The van der Waals surface area contributed by atoms with Gasteiger partial charge in [0, 0.05) is 31.7 Å². The summed E-state index contributed by atoms with van der Waals surface area (Å²) in [5.74, 6) is 2.00. The standard InChI is InChI=1S/C15H25N3O/c1-11-5-6-14(19-11)15(12(2)16)18-9-8-17-7-3-4-13(17)10-18/h5-6,12-13,15H,3-4,7-10,16H2,1-2H3. The zero-order chi connectivity index (χ0) is 13.4. The SMILES string of the molecule is Cc1ccc(C(C(C)N)N2CCN3CCCC3C2)o1.